The highest BCUT2D eigenvalue weighted by molar-refractivity contribution is 5.96. The first-order chi connectivity index (χ1) is 12.1. The fourth-order valence-corrected chi connectivity index (χ4v) is 2.67. The van der Waals surface area contributed by atoms with Crippen molar-refractivity contribution in [3.05, 3.63) is 59.3 Å². The fraction of sp³-hybridized carbons (Fsp3) is 0.278. The van der Waals surface area contributed by atoms with Gasteiger partial charge in [-0.25, -0.2) is 9.97 Å². The molecule has 0 aliphatic carbocycles. The molecule has 1 N–H and O–H groups in total. The van der Waals surface area contributed by atoms with E-state index < -0.39 is 0 Å². The van der Waals surface area contributed by atoms with Crippen LogP contribution in [-0.2, 0) is 6.42 Å². The van der Waals surface area contributed by atoms with Gasteiger partial charge in [0, 0.05) is 37.1 Å². The molecule has 0 saturated heterocycles. The number of carbonyl (C=O) groups is 1. The zero-order valence-corrected chi connectivity index (χ0v) is 14.4. The zero-order chi connectivity index (χ0) is 17.8. The zero-order valence-electron chi connectivity index (χ0n) is 14.4. The number of rotatable bonds is 5. The maximum absolute atomic E-state index is 12.3. The van der Waals surface area contributed by atoms with E-state index in [1.165, 1.54) is 0 Å². The molecular weight excluding hydrogens is 318 g/mol. The quantitative estimate of drug-likeness (QED) is 0.768. The standard InChI is InChI=1S/C18H19N5O2/c1-11-17(12(2)25-23-11)18(24)20-9-6-16-15(10-21-13(3)22-16)14-4-7-19-8-5-14/h4-5,7-8,10H,6,9H2,1-3H3,(H,20,24). The predicted octanol–water partition coefficient (Wildman–Crippen LogP) is 2.42. The molecule has 0 saturated carbocycles. The fourth-order valence-electron chi connectivity index (χ4n) is 2.67. The number of pyridine rings is 1. The second-order valence-corrected chi connectivity index (χ2v) is 5.72. The molecule has 0 bridgehead atoms. The van der Waals surface area contributed by atoms with Crippen LogP contribution in [0.15, 0.2) is 35.2 Å². The first-order valence-electron chi connectivity index (χ1n) is 8.00. The van der Waals surface area contributed by atoms with Gasteiger partial charge in [0.1, 0.15) is 17.1 Å². The summed E-state index contributed by atoms with van der Waals surface area (Å²) in [6.07, 6.45) is 5.87. The van der Waals surface area contributed by atoms with Gasteiger partial charge in [-0.1, -0.05) is 5.16 Å². The van der Waals surface area contributed by atoms with E-state index in [-0.39, 0.29) is 5.91 Å². The minimum Gasteiger partial charge on any atom is -0.361 e. The lowest BCUT2D eigenvalue weighted by Gasteiger charge is -2.10. The van der Waals surface area contributed by atoms with Crippen molar-refractivity contribution in [1.29, 1.82) is 0 Å². The van der Waals surface area contributed by atoms with Gasteiger partial charge in [-0.05, 0) is 38.5 Å². The summed E-state index contributed by atoms with van der Waals surface area (Å²) in [4.78, 5) is 25.2. The normalized spacial score (nSPS) is 10.7. The van der Waals surface area contributed by atoms with Gasteiger partial charge in [-0.3, -0.25) is 9.78 Å². The third kappa shape index (κ3) is 3.71. The molecule has 7 heteroatoms. The molecule has 3 rings (SSSR count). The summed E-state index contributed by atoms with van der Waals surface area (Å²) in [7, 11) is 0. The van der Waals surface area contributed by atoms with E-state index in [1.54, 1.807) is 26.2 Å². The SMILES string of the molecule is Cc1ncc(-c2ccncc2)c(CCNC(=O)c2c(C)noc2C)n1. The summed E-state index contributed by atoms with van der Waals surface area (Å²) in [5, 5.41) is 6.71. The van der Waals surface area contributed by atoms with E-state index in [1.807, 2.05) is 25.3 Å². The summed E-state index contributed by atoms with van der Waals surface area (Å²) in [6, 6.07) is 3.83. The van der Waals surface area contributed by atoms with E-state index in [9.17, 15) is 4.79 Å². The molecule has 0 fully saturated rings. The maximum Gasteiger partial charge on any atom is 0.256 e. The largest absolute Gasteiger partial charge is 0.361 e. The van der Waals surface area contributed by atoms with E-state index in [2.05, 4.69) is 25.4 Å². The highest BCUT2D eigenvalue weighted by atomic mass is 16.5. The van der Waals surface area contributed by atoms with Gasteiger partial charge in [-0.2, -0.15) is 0 Å². The van der Waals surface area contributed by atoms with Crippen molar-refractivity contribution in [3.63, 3.8) is 0 Å². The Labute approximate surface area is 145 Å². The lowest BCUT2D eigenvalue weighted by atomic mass is 10.1. The van der Waals surface area contributed by atoms with Gasteiger partial charge in [0.2, 0.25) is 0 Å². The number of nitrogens with zero attached hydrogens (tertiary/aromatic N) is 4. The molecule has 0 unspecified atom stereocenters. The summed E-state index contributed by atoms with van der Waals surface area (Å²) >= 11 is 0. The number of aromatic nitrogens is 4. The number of amides is 1. The molecule has 0 atom stereocenters. The van der Waals surface area contributed by atoms with Crippen molar-refractivity contribution >= 4 is 5.91 Å². The monoisotopic (exact) mass is 337 g/mol. The molecule has 1 amide bonds. The molecule has 0 aliphatic heterocycles. The third-order valence-electron chi connectivity index (χ3n) is 3.89. The van der Waals surface area contributed by atoms with Crippen molar-refractivity contribution in [3.8, 4) is 11.1 Å². The van der Waals surface area contributed by atoms with Crippen LogP contribution in [0.25, 0.3) is 11.1 Å². The first kappa shape index (κ1) is 16.8. The van der Waals surface area contributed by atoms with Gasteiger partial charge in [0.05, 0.1) is 11.4 Å². The van der Waals surface area contributed by atoms with E-state index in [0.29, 0.717) is 35.8 Å². The van der Waals surface area contributed by atoms with E-state index in [0.717, 1.165) is 16.8 Å². The minimum absolute atomic E-state index is 0.188. The highest BCUT2D eigenvalue weighted by Gasteiger charge is 2.17. The molecular formula is C18H19N5O2. The first-order valence-corrected chi connectivity index (χ1v) is 8.00. The molecule has 0 aliphatic rings. The number of carbonyl (C=O) groups excluding carboxylic acids is 1. The Morgan fingerprint density at radius 1 is 1.20 bits per heavy atom. The number of aryl methyl sites for hydroxylation is 3. The lowest BCUT2D eigenvalue weighted by Crippen LogP contribution is -2.27. The van der Waals surface area contributed by atoms with Crippen LogP contribution in [0.5, 0.6) is 0 Å². The molecule has 25 heavy (non-hydrogen) atoms. The van der Waals surface area contributed by atoms with Crippen molar-refractivity contribution < 1.29 is 9.32 Å². The molecule has 3 heterocycles. The van der Waals surface area contributed by atoms with Gasteiger partial charge in [0.25, 0.3) is 5.91 Å². The second-order valence-electron chi connectivity index (χ2n) is 5.72. The predicted molar refractivity (Wildman–Crippen MR) is 92.0 cm³/mol. The average molecular weight is 337 g/mol. The van der Waals surface area contributed by atoms with Crippen LogP contribution in [0.1, 0.15) is 33.3 Å². The highest BCUT2D eigenvalue weighted by Crippen LogP contribution is 2.21. The topological polar surface area (TPSA) is 93.8 Å². The average Bonchev–Trinajstić information content (AvgIpc) is 2.94. The van der Waals surface area contributed by atoms with Gasteiger partial charge in [-0.15, -0.1) is 0 Å². The molecule has 0 spiro atoms. The van der Waals surface area contributed by atoms with Crippen molar-refractivity contribution in [2.45, 2.75) is 27.2 Å². The Kier molecular flexibility index (Phi) is 4.83. The molecule has 3 aromatic heterocycles. The molecule has 0 aromatic carbocycles. The molecule has 128 valence electrons. The van der Waals surface area contributed by atoms with Crippen LogP contribution in [0, 0.1) is 20.8 Å². The van der Waals surface area contributed by atoms with Crippen LogP contribution in [0.2, 0.25) is 0 Å². The minimum atomic E-state index is -0.188. The third-order valence-corrected chi connectivity index (χ3v) is 3.89. The lowest BCUT2D eigenvalue weighted by molar-refractivity contribution is 0.0952. The van der Waals surface area contributed by atoms with Gasteiger partial charge < -0.3 is 9.84 Å². The number of nitrogens with one attached hydrogen (secondary N) is 1. The number of hydrogen-bond donors (Lipinski definition) is 1. The van der Waals surface area contributed by atoms with Crippen LogP contribution in [-0.4, -0.2) is 32.6 Å². The summed E-state index contributed by atoms with van der Waals surface area (Å²) in [5.41, 5.74) is 3.91. The van der Waals surface area contributed by atoms with Crippen molar-refractivity contribution in [2.24, 2.45) is 0 Å². The van der Waals surface area contributed by atoms with E-state index in [4.69, 9.17) is 4.52 Å². The Hall–Kier alpha value is -3.09. The van der Waals surface area contributed by atoms with Gasteiger partial charge in [0.15, 0.2) is 0 Å². The maximum atomic E-state index is 12.3. The van der Waals surface area contributed by atoms with E-state index >= 15 is 0 Å². The van der Waals surface area contributed by atoms with Gasteiger partial charge >= 0.3 is 0 Å². The van der Waals surface area contributed by atoms with Crippen LogP contribution in [0.4, 0.5) is 0 Å². The summed E-state index contributed by atoms with van der Waals surface area (Å²) < 4.78 is 5.04. The Morgan fingerprint density at radius 3 is 2.64 bits per heavy atom. The number of hydrogen-bond acceptors (Lipinski definition) is 6. The molecule has 3 aromatic rings. The smallest absolute Gasteiger partial charge is 0.256 e. The van der Waals surface area contributed by atoms with Crippen LogP contribution >= 0.6 is 0 Å². The molecule has 0 radical (unpaired) electrons. The Bertz CT molecular complexity index is 870. The van der Waals surface area contributed by atoms with Crippen LogP contribution in [0.3, 0.4) is 0 Å². The van der Waals surface area contributed by atoms with Crippen LogP contribution < -0.4 is 5.32 Å². The molecule has 7 nitrogen and oxygen atoms in total. The second kappa shape index (κ2) is 7.21. The van der Waals surface area contributed by atoms with Crippen molar-refractivity contribution in [1.82, 2.24) is 25.4 Å². The Balaban J connectivity index is 1.73. The summed E-state index contributed by atoms with van der Waals surface area (Å²) in [6.45, 7) is 5.78. The summed E-state index contributed by atoms with van der Waals surface area (Å²) in [5.74, 6) is 1.03. The Morgan fingerprint density at radius 2 is 1.96 bits per heavy atom. The van der Waals surface area contributed by atoms with Crippen molar-refractivity contribution in [2.75, 3.05) is 6.54 Å².